The molecule has 106 valence electrons. The van der Waals surface area contributed by atoms with Gasteiger partial charge in [-0.05, 0) is 36.0 Å². The zero-order valence-corrected chi connectivity index (χ0v) is 11.2. The van der Waals surface area contributed by atoms with Crippen molar-refractivity contribution in [3.8, 4) is 0 Å². The molecule has 1 aliphatic rings. The molecule has 1 saturated carbocycles. The molecular formula is C15H20F3N. The Morgan fingerprint density at radius 3 is 2.21 bits per heavy atom. The van der Waals surface area contributed by atoms with E-state index >= 15 is 0 Å². The fraction of sp³-hybridized carbons (Fsp3) is 0.600. The molecule has 1 N–H and O–H groups in total. The molecular weight excluding hydrogens is 251 g/mol. The molecule has 0 radical (unpaired) electrons. The Morgan fingerprint density at radius 1 is 1.11 bits per heavy atom. The third kappa shape index (κ3) is 3.96. The van der Waals surface area contributed by atoms with Crippen LogP contribution in [0.2, 0.25) is 0 Å². The Hall–Kier alpha value is -1.03. The SMILES string of the molecule is CC1(CNCc2ccc(C(F)(F)F)cc2)CCCC1. The molecule has 1 aliphatic carbocycles. The zero-order valence-electron chi connectivity index (χ0n) is 11.2. The maximum Gasteiger partial charge on any atom is 0.416 e. The van der Waals surface area contributed by atoms with Gasteiger partial charge < -0.3 is 5.32 Å². The number of rotatable bonds is 4. The quantitative estimate of drug-likeness (QED) is 0.857. The van der Waals surface area contributed by atoms with Gasteiger partial charge in [-0.2, -0.15) is 13.2 Å². The largest absolute Gasteiger partial charge is 0.416 e. The summed E-state index contributed by atoms with van der Waals surface area (Å²) in [5, 5.41) is 3.36. The Bertz CT molecular complexity index is 402. The Labute approximate surface area is 112 Å². The minimum absolute atomic E-state index is 0.367. The van der Waals surface area contributed by atoms with Gasteiger partial charge in [0.05, 0.1) is 5.56 Å². The van der Waals surface area contributed by atoms with Crippen LogP contribution in [0.1, 0.15) is 43.7 Å². The second-order valence-corrected chi connectivity index (χ2v) is 5.82. The summed E-state index contributed by atoms with van der Waals surface area (Å²) in [5.74, 6) is 0. The molecule has 0 bridgehead atoms. The van der Waals surface area contributed by atoms with Crippen molar-refractivity contribution in [3.05, 3.63) is 35.4 Å². The first-order valence-electron chi connectivity index (χ1n) is 6.76. The molecule has 0 aliphatic heterocycles. The van der Waals surface area contributed by atoms with Crippen LogP contribution in [-0.2, 0) is 12.7 Å². The maximum absolute atomic E-state index is 12.4. The zero-order chi connectivity index (χ0) is 13.9. The van der Waals surface area contributed by atoms with Crippen LogP contribution in [0.4, 0.5) is 13.2 Å². The highest BCUT2D eigenvalue weighted by molar-refractivity contribution is 5.24. The maximum atomic E-state index is 12.4. The summed E-state index contributed by atoms with van der Waals surface area (Å²) in [5.41, 5.74) is 0.680. The van der Waals surface area contributed by atoms with Crippen molar-refractivity contribution in [1.29, 1.82) is 0 Å². The number of hydrogen-bond donors (Lipinski definition) is 1. The molecule has 0 atom stereocenters. The van der Waals surface area contributed by atoms with Crippen molar-refractivity contribution in [1.82, 2.24) is 5.32 Å². The van der Waals surface area contributed by atoms with E-state index in [0.717, 1.165) is 24.2 Å². The summed E-state index contributed by atoms with van der Waals surface area (Å²) < 4.78 is 37.2. The minimum atomic E-state index is -4.25. The fourth-order valence-corrected chi connectivity index (χ4v) is 2.73. The standard InChI is InChI=1S/C15H20F3N/c1-14(8-2-3-9-14)11-19-10-12-4-6-13(7-5-12)15(16,17)18/h4-7,19H,2-3,8-11H2,1H3. The number of benzene rings is 1. The van der Waals surface area contributed by atoms with E-state index in [1.54, 1.807) is 12.1 Å². The van der Waals surface area contributed by atoms with Gasteiger partial charge in [0.1, 0.15) is 0 Å². The lowest BCUT2D eigenvalue weighted by atomic mass is 9.89. The van der Waals surface area contributed by atoms with Crippen molar-refractivity contribution in [2.24, 2.45) is 5.41 Å². The van der Waals surface area contributed by atoms with Gasteiger partial charge in [0.25, 0.3) is 0 Å². The van der Waals surface area contributed by atoms with Crippen LogP contribution < -0.4 is 5.32 Å². The van der Waals surface area contributed by atoms with E-state index in [9.17, 15) is 13.2 Å². The molecule has 0 saturated heterocycles. The van der Waals surface area contributed by atoms with E-state index in [4.69, 9.17) is 0 Å². The highest BCUT2D eigenvalue weighted by Crippen LogP contribution is 2.36. The first-order chi connectivity index (χ1) is 8.89. The summed E-state index contributed by atoms with van der Waals surface area (Å²) in [6, 6.07) is 5.39. The normalized spacial score (nSPS) is 18.7. The lowest BCUT2D eigenvalue weighted by Gasteiger charge is -2.23. The Morgan fingerprint density at radius 2 is 1.68 bits per heavy atom. The molecule has 4 heteroatoms. The summed E-state index contributed by atoms with van der Waals surface area (Å²) in [6.45, 7) is 3.85. The molecule has 0 spiro atoms. The van der Waals surface area contributed by atoms with Crippen molar-refractivity contribution in [2.75, 3.05) is 6.54 Å². The molecule has 0 unspecified atom stereocenters. The summed E-state index contributed by atoms with van der Waals surface area (Å²) >= 11 is 0. The molecule has 19 heavy (non-hydrogen) atoms. The summed E-state index contributed by atoms with van der Waals surface area (Å²) in [6.07, 6.45) is 0.820. The lowest BCUT2D eigenvalue weighted by molar-refractivity contribution is -0.137. The molecule has 1 fully saturated rings. The molecule has 1 aromatic rings. The van der Waals surface area contributed by atoms with Crippen LogP contribution in [0.25, 0.3) is 0 Å². The first kappa shape index (κ1) is 14.4. The van der Waals surface area contributed by atoms with Gasteiger partial charge in [0.15, 0.2) is 0 Å². The van der Waals surface area contributed by atoms with Crippen molar-refractivity contribution in [3.63, 3.8) is 0 Å². The Balaban J connectivity index is 1.83. The van der Waals surface area contributed by atoms with Crippen LogP contribution in [0.3, 0.4) is 0 Å². The summed E-state index contributed by atoms with van der Waals surface area (Å²) in [4.78, 5) is 0. The van der Waals surface area contributed by atoms with E-state index in [1.165, 1.54) is 25.7 Å². The van der Waals surface area contributed by atoms with Crippen molar-refractivity contribution >= 4 is 0 Å². The number of nitrogens with one attached hydrogen (secondary N) is 1. The predicted molar refractivity (Wildman–Crippen MR) is 69.7 cm³/mol. The summed E-state index contributed by atoms with van der Waals surface area (Å²) in [7, 11) is 0. The van der Waals surface area contributed by atoms with Gasteiger partial charge in [0.2, 0.25) is 0 Å². The van der Waals surface area contributed by atoms with Gasteiger partial charge in [-0.1, -0.05) is 31.9 Å². The van der Waals surface area contributed by atoms with E-state index in [1.807, 2.05) is 0 Å². The molecule has 2 rings (SSSR count). The van der Waals surface area contributed by atoms with Crippen molar-refractivity contribution in [2.45, 2.75) is 45.3 Å². The van der Waals surface area contributed by atoms with Gasteiger partial charge >= 0.3 is 6.18 Å². The predicted octanol–water partition coefficient (Wildman–Crippen LogP) is 4.38. The van der Waals surface area contributed by atoms with Crippen molar-refractivity contribution < 1.29 is 13.2 Å². The third-order valence-corrected chi connectivity index (χ3v) is 3.97. The highest BCUT2D eigenvalue weighted by Gasteiger charge is 2.30. The van der Waals surface area contributed by atoms with Gasteiger partial charge in [-0.25, -0.2) is 0 Å². The second kappa shape index (κ2) is 5.53. The van der Waals surface area contributed by atoms with Gasteiger partial charge in [-0.3, -0.25) is 0 Å². The van der Waals surface area contributed by atoms with Crippen LogP contribution in [0, 0.1) is 5.41 Å². The molecule has 1 aromatic carbocycles. The average molecular weight is 271 g/mol. The number of hydrogen-bond acceptors (Lipinski definition) is 1. The number of halogens is 3. The first-order valence-corrected chi connectivity index (χ1v) is 6.76. The van der Waals surface area contributed by atoms with E-state index in [-0.39, 0.29) is 0 Å². The monoisotopic (exact) mass is 271 g/mol. The Kier molecular flexibility index (Phi) is 4.19. The van der Waals surface area contributed by atoms with Crippen LogP contribution in [0.5, 0.6) is 0 Å². The van der Waals surface area contributed by atoms with Gasteiger partial charge in [0, 0.05) is 13.1 Å². The van der Waals surface area contributed by atoms with E-state index < -0.39 is 11.7 Å². The van der Waals surface area contributed by atoms with E-state index in [0.29, 0.717) is 12.0 Å². The smallest absolute Gasteiger partial charge is 0.312 e. The second-order valence-electron chi connectivity index (χ2n) is 5.82. The molecule has 0 heterocycles. The average Bonchev–Trinajstić information content (AvgIpc) is 2.76. The highest BCUT2D eigenvalue weighted by atomic mass is 19.4. The van der Waals surface area contributed by atoms with Crippen LogP contribution in [-0.4, -0.2) is 6.54 Å². The third-order valence-electron chi connectivity index (χ3n) is 3.97. The lowest BCUT2D eigenvalue weighted by Crippen LogP contribution is -2.29. The topological polar surface area (TPSA) is 12.0 Å². The van der Waals surface area contributed by atoms with Crippen LogP contribution >= 0.6 is 0 Å². The number of alkyl halides is 3. The fourth-order valence-electron chi connectivity index (χ4n) is 2.73. The van der Waals surface area contributed by atoms with Gasteiger partial charge in [-0.15, -0.1) is 0 Å². The molecule has 1 nitrogen and oxygen atoms in total. The molecule has 0 aromatic heterocycles. The van der Waals surface area contributed by atoms with Crippen LogP contribution in [0.15, 0.2) is 24.3 Å². The van der Waals surface area contributed by atoms with E-state index in [2.05, 4.69) is 12.2 Å². The molecule has 0 amide bonds. The minimum Gasteiger partial charge on any atom is -0.312 e.